The van der Waals surface area contributed by atoms with Crippen molar-refractivity contribution in [3.05, 3.63) is 59.6 Å². The van der Waals surface area contributed by atoms with Crippen molar-refractivity contribution in [3.8, 4) is 5.69 Å². The Labute approximate surface area is 189 Å². The second-order valence-electron chi connectivity index (χ2n) is 9.12. The molecule has 1 aromatic carbocycles. The van der Waals surface area contributed by atoms with E-state index in [1.807, 2.05) is 0 Å². The van der Waals surface area contributed by atoms with Crippen LogP contribution in [0.2, 0.25) is 0 Å². The van der Waals surface area contributed by atoms with Gasteiger partial charge in [0.15, 0.2) is 11.6 Å². The largest absolute Gasteiger partial charge is 0.442 e. The third-order valence-electron chi connectivity index (χ3n) is 5.16. The van der Waals surface area contributed by atoms with E-state index in [0.717, 1.165) is 35.4 Å². The Morgan fingerprint density at radius 1 is 1.12 bits per heavy atom. The molecule has 1 unspecified atom stereocenters. The number of aromatic nitrogens is 4. The Morgan fingerprint density at radius 2 is 1.85 bits per heavy atom. The average molecular weight is 457 g/mol. The van der Waals surface area contributed by atoms with Crippen molar-refractivity contribution >= 4 is 17.8 Å². The Balaban J connectivity index is 1.53. The third-order valence-corrected chi connectivity index (χ3v) is 5.16. The fourth-order valence-corrected chi connectivity index (χ4v) is 3.22. The number of benzene rings is 1. The monoisotopic (exact) mass is 457 g/mol. The molecule has 3 aromatic rings. The molecule has 1 atom stereocenters. The van der Waals surface area contributed by atoms with Crippen molar-refractivity contribution in [3.63, 3.8) is 0 Å². The zero-order valence-corrected chi connectivity index (χ0v) is 18.8. The molecule has 1 fully saturated rings. The van der Waals surface area contributed by atoms with Crippen molar-refractivity contribution in [2.24, 2.45) is 0 Å². The van der Waals surface area contributed by atoms with Crippen LogP contribution in [-0.2, 0) is 9.53 Å². The van der Waals surface area contributed by atoms with Crippen LogP contribution >= 0.6 is 0 Å². The van der Waals surface area contributed by atoms with Gasteiger partial charge in [-0.2, -0.15) is 10.2 Å². The first-order valence-corrected chi connectivity index (χ1v) is 10.7. The minimum absolute atomic E-state index is 0.225. The molecule has 2 aromatic heterocycles. The van der Waals surface area contributed by atoms with E-state index in [1.165, 1.54) is 10.7 Å². The minimum atomic E-state index is -0.989. The molecule has 10 heteroatoms. The van der Waals surface area contributed by atoms with Crippen molar-refractivity contribution in [2.75, 3.05) is 5.32 Å². The van der Waals surface area contributed by atoms with Crippen molar-refractivity contribution < 1.29 is 23.1 Å². The number of halogens is 2. The number of nitrogens with zero attached hydrogens (tertiary/aromatic N) is 4. The number of amides is 1. The summed E-state index contributed by atoms with van der Waals surface area (Å²) in [7, 11) is 0. The van der Waals surface area contributed by atoms with Gasteiger partial charge in [0, 0.05) is 24.2 Å². The number of rotatable bonds is 5. The number of anilines is 1. The summed E-state index contributed by atoms with van der Waals surface area (Å²) in [5.41, 5.74) is 0.753. The normalized spacial score (nSPS) is 14.7. The standard InChI is InChI=1S/C23H25F2N5O3/c1-13(18-9-10-29(27-18)15-7-8-16(24)17(25)11-15)21(31)26-20-12-19(14-5-6-14)28-30(20)22(32)33-23(2,3)4/h7-14H,5-6H2,1-4H3,(H,26,31). The molecule has 4 rings (SSSR count). The van der Waals surface area contributed by atoms with Gasteiger partial charge in [0.25, 0.3) is 0 Å². The van der Waals surface area contributed by atoms with Crippen LogP contribution < -0.4 is 5.32 Å². The van der Waals surface area contributed by atoms with Gasteiger partial charge >= 0.3 is 6.09 Å². The Bertz CT molecular complexity index is 1210. The lowest BCUT2D eigenvalue weighted by atomic mass is 10.1. The maximum atomic E-state index is 13.5. The van der Waals surface area contributed by atoms with E-state index >= 15 is 0 Å². The molecule has 2 heterocycles. The zero-order chi connectivity index (χ0) is 23.9. The molecule has 0 spiro atoms. The van der Waals surface area contributed by atoms with Gasteiger partial charge in [0.05, 0.1) is 23.0 Å². The number of carbonyl (C=O) groups is 2. The second-order valence-corrected chi connectivity index (χ2v) is 9.12. The van der Waals surface area contributed by atoms with E-state index in [4.69, 9.17) is 4.74 Å². The van der Waals surface area contributed by atoms with Crippen molar-refractivity contribution in [1.82, 2.24) is 19.6 Å². The zero-order valence-electron chi connectivity index (χ0n) is 18.8. The number of carbonyl (C=O) groups excluding carboxylic acids is 2. The molecule has 174 valence electrons. The van der Waals surface area contributed by atoms with Crippen LogP contribution in [0.15, 0.2) is 36.5 Å². The van der Waals surface area contributed by atoms with Gasteiger partial charge in [-0.25, -0.2) is 18.3 Å². The number of hydrogen-bond donors (Lipinski definition) is 1. The summed E-state index contributed by atoms with van der Waals surface area (Å²) >= 11 is 0. The first-order valence-electron chi connectivity index (χ1n) is 10.7. The van der Waals surface area contributed by atoms with Crippen LogP contribution in [0.1, 0.15) is 63.8 Å². The molecule has 1 aliphatic rings. The SMILES string of the molecule is CC(C(=O)Nc1cc(C2CC2)nn1C(=O)OC(C)(C)C)c1ccn(-c2ccc(F)c(F)c2)n1. The van der Waals surface area contributed by atoms with Crippen LogP contribution in [0.5, 0.6) is 0 Å². The molecule has 0 saturated heterocycles. The Kier molecular flexibility index (Phi) is 5.77. The van der Waals surface area contributed by atoms with Crippen LogP contribution in [0.4, 0.5) is 19.4 Å². The fraction of sp³-hybridized carbons (Fsp3) is 0.391. The van der Waals surface area contributed by atoms with Gasteiger partial charge in [-0.15, -0.1) is 4.68 Å². The van der Waals surface area contributed by atoms with Gasteiger partial charge in [-0.05, 0) is 58.7 Å². The lowest BCUT2D eigenvalue weighted by molar-refractivity contribution is -0.117. The highest BCUT2D eigenvalue weighted by atomic mass is 19.2. The summed E-state index contributed by atoms with van der Waals surface area (Å²) in [6.07, 6.45) is 2.84. The van der Waals surface area contributed by atoms with E-state index in [2.05, 4.69) is 15.5 Å². The number of hydrogen-bond acceptors (Lipinski definition) is 5. The Hall–Kier alpha value is -3.56. The third kappa shape index (κ3) is 5.10. The molecular formula is C23H25F2N5O3. The number of ether oxygens (including phenoxy) is 1. The number of nitrogens with one attached hydrogen (secondary N) is 1. The van der Waals surface area contributed by atoms with Crippen molar-refractivity contribution in [2.45, 2.75) is 58.0 Å². The molecule has 8 nitrogen and oxygen atoms in total. The van der Waals surface area contributed by atoms with Crippen LogP contribution in [0.3, 0.4) is 0 Å². The van der Waals surface area contributed by atoms with Gasteiger partial charge in [-0.3, -0.25) is 4.79 Å². The van der Waals surface area contributed by atoms with E-state index in [9.17, 15) is 18.4 Å². The molecule has 0 bridgehead atoms. The smallest absolute Gasteiger partial charge is 0.437 e. The molecule has 0 radical (unpaired) electrons. The fourth-order valence-electron chi connectivity index (χ4n) is 3.22. The summed E-state index contributed by atoms with van der Waals surface area (Å²) in [4.78, 5) is 25.6. The van der Waals surface area contributed by atoms with E-state index in [-0.39, 0.29) is 11.7 Å². The molecule has 0 aliphatic heterocycles. The quantitative estimate of drug-likeness (QED) is 0.597. The minimum Gasteiger partial charge on any atom is -0.442 e. The van der Waals surface area contributed by atoms with Crippen LogP contribution in [0, 0.1) is 11.6 Å². The highest BCUT2D eigenvalue weighted by Gasteiger charge is 2.31. The summed E-state index contributed by atoms with van der Waals surface area (Å²) in [5, 5.41) is 11.4. The predicted octanol–water partition coefficient (Wildman–Crippen LogP) is 4.75. The van der Waals surface area contributed by atoms with Crippen molar-refractivity contribution in [1.29, 1.82) is 0 Å². The van der Waals surface area contributed by atoms with Gasteiger partial charge in [0.2, 0.25) is 5.91 Å². The first-order chi connectivity index (χ1) is 15.5. The predicted molar refractivity (Wildman–Crippen MR) is 116 cm³/mol. The second kappa shape index (κ2) is 8.42. The molecule has 1 N–H and O–H groups in total. The Morgan fingerprint density at radius 3 is 2.48 bits per heavy atom. The van der Waals surface area contributed by atoms with Gasteiger partial charge < -0.3 is 10.1 Å². The van der Waals surface area contributed by atoms with Crippen LogP contribution in [-0.4, -0.2) is 37.2 Å². The van der Waals surface area contributed by atoms with E-state index in [1.54, 1.807) is 46.0 Å². The molecule has 1 saturated carbocycles. The highest BCUT2D eigenvalue weighted by molar-refractivity contribution is 5.96. The molecule has 1 amide bonds. The molecule has 1 aliphatic carbocycles. The topological polar surface area (TPSA) is 91.0 Å². The maximum Gasteiger partial charge on any atom is 0.437 e. The van der Waals surface area contributed by atoms with Gasteiger partial charge in [-0.1, -0.05) is 0 Å². The molecular weight excluding hydrogens is 432 g/mol. The summed E-state index contributed by atoms with van der Waals surface area (Å²) in [6.45, 7) is 6.91. The lowest BCUT2D eigenvalue weighted by Crippen LogP contribution is -2.30. The first kappa shape index (κ1) is 22.6. The summed E-state index contributed by atoms with van der Waals surface area (Å²) < 4.78 is 34.6. The summed E-state index contributed by atoms with van der Waals surface area (Å²) in [6, 6.07) is 6.73. The maximum absolute atomic E-state index is 13.5. The lowest BCUT2D eigenvalue weighted by Gasteiger charge is -2.20. The van der Waals surface area contributed by atoms with Crippen LogP contribution in [0.25, 0.3) is 5.69 Å². The van der Waals surface area contributed by atoms with E-state index in [0.29, 0.717) is 11.4 Å². The summed E-state index contributed by atoms with van der Waals surface area (Å²) in [5.74, 6) is -2.54. The van der Waals surface area contributed by atoms with E-state index < -0.39 is 35.2 Å². The molecule has 33 heavy (non-hydrogen) atoms. The van der Waals surface area contributed by atoms with Gasteiger partial charge in [0.1, 0.15) is 11.4 Å². The average Bonchev–Trinajstić information content (AvgIpc) is 3.31. The highest BCUT2D eigenvalue weighted by Crippen LogP contribution is 2.40.